The molecule has 2 unspecified atom stereocenters. The SMILES string of the molecule is O=C(c1ccccc1)C1(Br)C=CC=CC1Br. The Hall–Kier alpha value is -0.670. The Morgan fingerprint density at radius 2 is 1.88 bits per heavy atom. The van der Waals surface area contributed by atoms with Crippen LogP contribution in [0.4, 0.5) is 0 Å². The summed E-state index contributed by atoms with van der Waals surface area (Å²) in [4.78, 5) is 12.3. The Kier molecular flexibility index (Phi) is 3.45. The molecule has 0 aliphatic heterocycles. The van der Waals surface area contributed by atoms with Crippen LogP contribution in [0.5, 0.6) is 0 Å². The third-order valence-electron chi connectivity index (χ3n) is 2.52. The summed E-state index contributed by atoms with van der Waals surface area (Å²) in [5.41, 5.74) is 0.712. The molecule has 16 heavy (non-hydrogen) atoms. The summed E-state index contributed by atoms with van der Waals surface area (Å²) in [6.45, 7) is 0. The fraction of sp³-hybridized carbons (Fsp3) is 0.154. The van der Waals surface area contributed by atoms with Crippen LogP contribution in [0, 0.1) is 0 Å². The number of carbonyl (C=O) groups is 1. The monoisotopic (exact) mass is 340 g/mol. The molecule has 0 bridgehead atoms. The third kappa shape index (κ3) is 2.06. The highest BCUT2D eigenvalue weighted by atomic mass is 79.9. The summed E-state index contributed by atoms with van der Waals surface area (Å²) in [5, 5.41) is 0. The number of hydrogen-bond donors (Lipinski definition) is 0. The van der Waals surface area contributed by atoms with Crippen LogP contribution in [0.3, 0.4) is 0 Å². The van der Waals surface area contributed by atoms with Crippen LogP contribution in [0.2, 0.25) is 0 Å². The molecule has 1 aromatic rings. The zero-order valence-electron chi connectivity index (χ0n) is 8.44. The van der Waals surface area contributed by atoms with Gasteiger partial charge in [0.2, 0.25) is 0 Å². The van der Waals surface area contributed by atoms with Crippen molar-refractivity contribution in [1.29, 1.82) is 0 Å². The van der Waals surface area contributed by atoms with Crippen molar-refractivity contribution in [3.8, 4) is 0 Å². The maximum Gasteiger partial charge on any atom is 0.184 e. The van der Waals surface area contributed by atoms with Crippen molar-refractivity contribution >= 4 is 37.6 Å². The van der Waals surface area contributed by atoms with E-state index in [2.05, 4.69) is 31.9 Å². The first-order valence-corrected chi connectivity index (χ1v) is 6.64. The third-order valence-corrected chi connectivity index (χ3v) is 5.27. The molecule has 2 rings (SSSR count). The first-order valence-electron chi connectivity index (χ1n) is 4.93. The molecule has 1 aromatic carbocycles. The fourth-order valence-corrected chi connectivity index (χ4v) is 2.67. The van der Waals surface area contributed by atoms with Crippen molar-refractivity contribution in [2.24, 2.45) is 0 Å². The van der Waals surface area contributed by atoms with Gasteiger partial charge in [0.25, 0.3) is 0 Å². The molecule has 0 spiro atoms. The molecule has 0 aromatic heterocycles. The Morgan fingerprint density at radius 1 is 1.19 bits per heavy atom. The molecule has 82 valence electrons. The molecule has 1 aliphatic carbocycles. The summed E-state index contributed by atoms with van der Waals surface area (Å²) in [6, 6.07) is 9.30. The average Bonchev–Trinajstić information content (AvgIpc) is 2.33. The molecule has 0 heterocycles. The van der Waals surface area contributed by atoms with Gasteiger partial charge in [-0.2, -0.15) is 0 Å². The number of alkyl halides is 2. The van der Waals surface area contributed by atoms with Crippen LogP contribution >= 0.6 is 31.9 Å². The molecular formula is C13H10Br2O. The van der Waals surface area contributed by atoms with E-state index in [4.69, 9.17) is 0 Å². The van der Waals surface area contributed by atoms with Crippen LogP contribution in [-0.4, -0.2) is 14.9 Å². The number of carbonyl (C=O) groups excluding carboxylic acids is 1. The van der Waals surface area contributed by atoms with E-state index >= 15 is 0 Å². The zero-order chi connectivity index (χ0) is 11.6. The van der Waals surface area contributed by atoms with Crippen molar-refractivity contribution in [1.82, 2.24) is 0 Å². The summed E-state index contributed by atoms with van der Waals surface area (Å²) < 4.78 is -0.677. The van der Waals surface area contributed by atoms with E-state index < -0.39 is 4.32 Å². The Labute approximate surface area is 111 Å². The number of allylic oxidation sites excluding steroid dienone is 4. The van der Waals surface area contributed by atoms with E-state index in [1.54, 1.807) is 0 Å². The summed E-state index contributed by atoms with van der Waals surface area (Å²) in [7, 11) is 0. The lowest BCUT2D eigenvalue weighted by Crippen LogP contribution is -2.39. The number of hydrogen-bond acceptors (Lipinski definition) is 1. The normalized spacial score (nSPS) is 28.0. The van der Waals surface area contributed by atoms with Gasteiger partial charge in [0.05, 0.1) is 4.83 Å². The quantitative estimate of drug-likeness (QED) is 0.589. The Morgan fingerprint density at radius 3 is 2.50 bits per heavy atom. The van der Waals surface area contributed by atoms with Crippen molar-refractivity contribution in [2.45, 2.75) is 9.15 Å². The Bertz CT molecular complexity index is 450. The van der Waals surface area contributed by atoms with Crippen LogP contribution in [-0.2, 0) is 0 Å². The zero-order valence-corrected chi connectivity index (χ0v) is 11.6. The van der Waals surface area contributed by atoms with Crippen LogP contribution in [0.1, 0.15) is 10.4 Å². The van der Waals surface area contributed by atoms with Gasteiger partial charge >= 0.3 is 0 Å². The average molecular weight is 342 g/mol. The molecule has 1 aliphatic rings. The molecule has 0 amide bonds. The minimum absolute atomic E-state index is 0.0299. The molecule has 0 radical (unpaired) electrons. The van der Waals surface area contributed by atoms with E-state index in [0.717, 1.165) is 0 Å². The van der Waals surface area contributed by atoms with Crippen LogP contribution < -0.4 is 0 Å². The number of ketones is 1. The lowest BCUT2D eigenvalue weighted by Gasteiger charge is -2.28. The van der Waals surface area contributed by atoms with Gasteiger partial charge in [-0.1, -0.05) is 86.5 Å². The van der Waals surface area contributed by atoms with E-state index in [1.165, 1.54) is 0 Å². The minimum Gasteiger partial charge on any atom is -0.292 e. The number of rotatable bonds is 2. The predicted molar refractivity (Wildman–Crippen MR) is 73.4 cm³/mol. The maximum atomic E-state index is 12.4. The topological polar surface area (TPSA) is 17.1 Å². The van der Waals surface area contributed by atoms with Gasteiger partial charge in [-0.15, -0.1) is 0 Å². The predicted octanol–water partition coefficient (Wildman–Crippen LogP) is 3.89. The van der Waals surface area contributed by atoms with Crippen molar-refractivity contribution in [3.63, 3.8) is 0 Å². The maximum absolute atomic E-state index is 12.4. The molecule has 0 fully saturated rings. The molecule has 0 saturated heterocycles. The van der Waals surface area contributed by atoms with Gasteiger partial charge < -0.3 is 0 Å². The smallest absolute Gasteiger partial charge is 0.184 e. The molecule has 1 nitrogen and oxygen atoms in total. The molecule has 3 heteroatoms. The number of benzene rings is 1. The fourth-order valence-electron chi connectivity index (χ4n) is 1.60. The van der Waals surface area contributed by atoms with Crippen LogP contribution in [0.25, 0.3) is 0 Å². The van der Waals surface area contributed by atoms with Gasteiger partial charge in [0.15, 0.2) is 5.78 Å². The molecular weight excluding hydrogens is 332 g/mol. The second kappa shape index (κ2) is 4.68. The van der Waals surface area contributed by atoms with E-state index in [-0.39, 0.29) is 10.6 Å². The highest BCUT2D eigenvalue weighted by Crippen LogP contribution is 2.36. The van der Waals surface area contributed by atoms with Gasteiger partial charge in [-0.3, -0.25) is 4.79 Å². The Balaban J connectivity index is 2.35. The van der Waals surface area contributed by atoms with E-state index in [9.17, 15) is 4.79 Å². The van der Waals surface area contributed by atoms with Crippen molar-refractivity contribution in [2.75, 3.05) is 0 Å². The van der Waals surface area contributed by atoms with Crippen molar-refractivity contribution in [3.05, 3.63) is 60.2 Å². The summed E-state index contributed by atoms with van der Waals surface area (Å²) in [5.74, 6) is 0.0653. The molecule has 0 saturated carbocycles. The highest BCUT2D eigenvalue weighted by molar-refractivity contribution is 9.13. The summed E-state index contributed by atoms with van der Waals surface area (Å²) >= 11 is 7.03. The standard InChI is InChI=1S/C13H10Br2O/c14-11-8-4-5-9-13(11,15)12(16)10-6-2-1-3-7-10/h1-9,11H. The largest absolute Gasteiger partial charge is 0.292 e. The first-order chi connectivity index (χ1) is 7.64. The van der Waals surface area contributed by atoms with E-state index in [0.29, 0.717) is 5.56 Å². The van der Waals surface area contributed by atoms with Gasteiger partial charge in [0, 0.05) is 5.56 Å². The van der Waals surface area contributed by atoms with Gasteiger partial charge in [-0.25, -0.2) is 0 Å². The number of Topliss-reactive ketones (excluding diaryl/α,β-unsaturated/α-hetero) is 1. The summed E-state index contributed by atoms with van der Waals surface area (Å²) in [6.07, 6.45) is 7.64. The lowest BCUT2D eigenvalue weighted by atomic mass is 9.91. The minimum atomic E-state index is -0.677. The highest BCUT2D eigenvalue weighted by Gasteiger charge is 2.39. The van der Waals surface area contributed by atoms with Gasteiger partial charge in [-0.05, 0) is 0 Å². The second-order valence-electron chi connectivity index (χ2n) is 3.61. The van der Waals surface area contributed by atoms with E-state index in [1.807, 2.05) is 54.6 Å². The first kappa shape index (κ1) is 11.8. The molecule has 0 N–H and O–H groups in total. The van der Waals surface area contributed by atoms with Gasteiger partial charge in [0.1, 0.15) is 4.32 Å². The van der Waals surface area contributed by atoms with Crippen LogP contribution in [0.15, 0.2) is 54.6 Å². The lowest BCUT2D eigenvalue weighted by molar-refractivity contribution is 0.0968. The second-order valence-corrected chi connectivity index (χ2v) is 5.91. The molecule has 2 atom stereocenters. The van der Waals surface area contributed by atoms with Crippen molar-refractivity contribution < 1.29 is 4.79 Å². The number of halogens is 2.